The molecule has 0 bridgehead atoms. The van der Waals surface area contributed by atoms with Crippen LogP contribution >= 0.6 is 0 Å². The normalized spacial score (nSPS) is 19.4. The van der Waals surface area contributed by atoms with Crippen molar-refractivity contribution in [2.75, 3.05) is 19.6 Å². The maximum absolute atomic E-state index is 13.0. The Morgan fingerprint density at radius 1 is 0.816 bits per heavy atom. The first kappa shape index (κ1) is 25.7. The summed E-state index contributed by atoms with van der Waals surface area (Å²) < 4.78 is 0. The minimum atomic E-state index is -0.00682. The van der Waals surface area contributed by atoms with Gasteiger partial charge in [0.15, 0.2) is 0 Å². The van der Waals surface area contributed by atoms with Crippen molar-refractivity contribution in [3.05, 3.63) is 94.5 Å². The van der Waals surface area contributed by atoms with E-state index in [2.05, 4.69) is 34.5 Å². The molecule has 1 N–H and O–H groups in total. The molecule has 1 saturated carbocycles. The Labute approximate surface area is 225 Å². The molecule has 1 fully saturated rings. The molecular weight excluding hydrogens is 468 g/mol. The molecule has 0 saturated heterocycles. The molecule has 0 radical (unpaired) electrons. The van der Waals surface area contributed by atoms with Gasteiger partial charge in [-0.25, -0.2) is 0 Å². The molecule has 38 heavy (non-hydrogen) atoms. The summed E-state index contributed by atoms with van der Waals surface area (Å²) >= 11 is 0. The summed E-state index contributed by atoms with van der Waals surface area (Å²) in [5.41, 5.74) is 6.78. The predicted molar refractivity (Wildman–Crippen MR) is 149 cm³/mol. The maximum Gasteiger partial charge on any atom is 0.251 e. The van der Waals surface area contributed by atoms with Gasteiger partial charge in [0.05, 0.1) is 23.3 Å². The SMILES string of the molecule is N#Cc1ccc(-c2cccc(C(=O)NC3CCC(CCN4CCc5ccc(C#N)cc5CC4)CC3)c2)cc1. The van der Waals surface area contributed by atoms with Crippen molar-refractivity contribution in [1.29, 1.82) is 10.5 Å². The van der Waals surface area contributed by atoms with E-state index in [-0.39, 0.29) is 11.9 Å². The molecule has 1 heterocycles. The zero-order chi connectivity index (χ0) is 26.3. The van der Waals surface area contributed by atoms with E-state index in [0.717, 1.165) is 80.8 Å². The fourth-order valence-electron chi connectivity index (χ4n) is 5.87. The molecule has 192 valence electrons. The van der Waals surface area contributed by atoms with E-state index in [9.17, 15) is 10.1 Å². The summed E-state index contributed by atoms with van der Waals surface area (Å²) in [6, 6.07) is 26.0. The van der Waals surface area contributed by atoms with E-state index >= 15 is 0 Å². The molecule has 1 amide bonds. The molecule has 0 atom stereocenters. The van der Waals surface area contributed by atoms with Gasteiger partial charge in [0.25, 0.3) is 5.91 Å². The van der Waals surface area contributed by atoms with Gasteiger partial charge in [0.2, 0.25) is 0 Å². The highest BCUT2D eigenvalue weighted by Gasteiger charge is 2.24. The number of hydrogen-bond acceptors (Lipinski definition) is 4. The lowest BCUT2D eigenvalue weighted by atomic mass is 9.84. The highest BCUT2D eigenvalue weighted by molar-refractivity contribution is 5.95. The summed E-state index contributed by atoms with van der Waals surface area (Å²) in [4.78, 5) is 15.6. The van der Waals surface area contributed by atoms with E-state index in [1.807, 2.05) is 42.5 Å². The number of fused-ring (bicyclic) bond motifs is 1. The lowest BCUT2D eigenvalue weighted by molar-refractivity contribution is 0.0920. The van der Waals surface area contributed by atoms with Crippen LogP contribution in [-0.2, 0) is 12.8 Å². The van der Waals surface area contributed by atoms with Crippen molar-refractivity contribution in [3.63, 3.8) is 0 Å². The molecule has 0 spiro atoms. The molecule has 5 rings (SSSR count). The van der Waals surface area contributed by atoms with Gasteiger partial charge < -0.3 is 10.2 Å². The minimum absolute atomic E-state index is 0.00682. The summed E-state index contributed by atoms with van der Waals surface area (Å²) in [5, 5.41) is 21.5. The first-order valence-corrected chi connectivity index (χ1v) is 13.8. The molecule has 1 aliphatic carbocycles. The fraction of sp³-hybridized carbons (Fsp3) is 0.364. The second-order valence-electron chi connectivity index (χ2n) is 10.7. The van der Waals surface area contributed by atoms with Crippen molar-refractivity contribution < 1.29 is 4.79 Å². The third-order valence-corrected chi connectivity index (χ3v) is 8.24. The van der Waals surface area contributed by atoms with Crippen LogP contribution in [0, 0.1) is 28.6 Å². The number of benzene rings is 3. The van der Waals surface area contributed by atoms with Gasteiger partial charge in [0.1, 0.15) is 0 Å². The van der Waals surface area contributed by atoms with Crippen molar-refractivity contribution in [2.24, 2.45) is 5.92 Å². The molecule has 1 aliphatic heterocycles. The number of carbonyl (C=O) groups excluding carboxylic acids is 1. The Balaban J connectivity index is 1.07. The molecule has 5 nitrogen and oxygen atoms in total. The summed E-state index contributed by atoms with van der Waals surface area (Å²) in [6.45, 7) is 3.28. The number of hydrogen-bond donors (Lipinski definition) is 1. The van der Waals surface area contributed by atoms with Crippen molar-refractivity contribution >= 4 is 5.91 Å². The van der Waals surface area contributed by atoms with E-state index in [4.69, 9.17) is 5.26 Å². The van der Waals surface area contributed by atoms with Crippen LogP contribution in [0.5, 0.6) is 0 Å². The summed E-state index contributed by atoms with van der Waals surface area (Å²) in [6.07, 6.45) is 7.70. The van der Waals surface area contributed by atoms with Crippen LogP contribution in [0.3, 0.4) is 0 Å². The van der Waals surface area contributed by atoms with Crippen LogP contribution in [0.25, 0.3) is 11.1 Å². The Morgan fingerprint density at radius 2 is 1.53 bits per heavy atom. The van der Waals surface area contributed by atoms with Crippen molar-refractivity contribution in [3.8, 4) is 23.3 Å². The van der Waals surface area contributed by atoms with Crippen molar-refractivity contribution in [2.45, 2.75) is 51.0 Å². The largest absolute Gasteiger partial charge is 0.349 e. The van der Waals surface area contributed by atoms with Crippen LogP contribution in [0.4, 0.5) is 0 Å². The monoisotopic (exact) mass is 502 g/mol. The predicted octanol–water partition coefficient (Wildman–Crippen LogP) is 5.88. The maximum atomic E-state index is 13.0. The van der Waals surface area contributed by atoms with E-state index in [1.165, 1.54) is 17.5 Å². The number of nitrogens with one attached hydrogen (secondary N) is 1. The third-order valence-electron chi connectivity index (χ3n) is 8.24. The standard InChI is InChI=1S/C33H34N4O/c34-22-25-4-9-27(10-5-25)29-2-1-3-31(21-29)33(38)36-32-12-7-24(8-13-32)14-17-37-18-15-28-11-6-26(23-35)20-30(28)16-19-37/h1-6,9-11,20-21,24,32H,7-8,12-19H2,(H,36,38). The average Bonchev–Trinajstić information content (AvgIpc) is 3.18. The third kappa shape index (κ3) is 6.31. The first-order valence-electron chi connectivity index (χ1n) is 13.8. The summed E-state index contributed by atoms with van der Waals surface area (Å²) in [7, 11) is 0. The highest BCUT2D eigenvalue weighted by atomic mass is 16.1. The Kier molecular flexibility index (Phi) is 8.17. The number of amides is 1. The Hall–Kier alpha value is -3.93. The fourth-order valence-corrected chi connectivity index (χ4v) is 5.87. The molecule has 2 aliphatic rings. The second kappa shape index (κ2) is 12.1. The van der Waals surface area contributed by atoms with E-state index in [1.54, 1.807) is 12.1 Å². The van der Waals surface area contributed by atoms with Crippen LogP contribution < -0.4 is 5.32 Å². The first-order chi connectivity index (χ1) is 18.6. The van der Waals surface area contributed by atoms with Gasteiger partial charge in [-0.15, -0.1) is 0 Å². The quantitative estimate of drug-likeness (QED) is 0.457. The number of rotatable bonds is 6. The van der Waals surface area contributed by atoms with Gasteiger partial charge in [-0.2, -0.15) is 10.5 Å². The average molecular weight is 503 g/mol. The minimum Gasteiger partial charge on any atom is -0.349 e. The molecular formula is C33H34N4O. The summed E-state index contributed by atoms with van der Waals surface area (Å²) in [5.74, 6) is 0.714. The smallest absolute Gasteiger partial charge is 0.251 e. The zero-order valence-corrected chi connectivity index (χ0v) is 21.8. The second-order valence-corrected chi connectivity index (χ2v) is 10.7. The van der Waals surface area contributed by atoms with Crippen LogP contribution in [0.15, 0.2) is 66.7 Å². The van der Waals surface area contributed by atoms with Crippen LogP contribution in [-0.4, -0.2) is 36.5 Å². The van der Waals surface area contributed by atoms with Crippen LogP contribution in [0.1, 0.15) is 64.7 Å². The van der Waals surface area contributed by atoms with E-state index in [0.29, 0.717) is 11.1 Å². The molecule has 3 aromatic carbocycles. The van der Waals surface area contributed by atoms with Gasteiger partial charge in [-0.05, 0) is 116 Å². The van der Waals surface area contributed by atoms with Gasteiger partial charge in [0, 0.05) is 24.7 Å². The van der Waals surface area contributed by atoms with Gasteiger partial charge in [-0.1, -0.05) is 30.3 Å². The number of nitriles is 2. The van der Waals surface area contributed by atoms with Gasteiger partial charge >= 0.3 is 0 Å². The zero-order valence-electron chi connectivity index (χ0n) is 21.8. The molecule has 3 aromatic rings. The van der Waals surface area contributed by atoms with Gasteiger partial charge in [-0.3, -0.25) is 4.79 Å². The number of carbonyl (C=O) groups is 1. The van der Waals surface area contributed by atoms with Crippen molar-refractivity contribution in [1.82, 2.24) is 10.2 Å². The lowest BCUT2D eigenvalue weighted by Crippen LogP contribution is -2.38. The number of nitrogens with zero attached hydrogens (tertiary/aromatic N) is 3. The highest BCUT2D eigenvalue weighted by Crippen LogP contribution is 2.28. The molecule has 0 aromatic heterocycles. The van der Waals surface area contributed by atoms with E-state index < -0.39 is 0 Å². The molecule has 0 unspecified atom stereocenters. The Morgan fingerprint density at radius 3 is 2.26 bits per heavy atom. The Bertz CT molecular complexity index is 1360. The topological polar surface area (TPSA) is 79.9 Å². The van der Waals surface area contributed by atoms with Crippen LogP contribution in [0.2, 0.25) is 0 Å². The lowest BCUT2D eigenvalue weighted by Gasteiger charge is -2.30. The molecule has 5 heteroatoms.